The molecule has 2 heterocycles. The zero-order chi connectivity index (χ0) is 28.6. The van der Waals surface area contributed by atoms with Crippen molar-refractivity contribution >= 4 is 56.7 Å². The van der Waals surface area contributed by atoms with E-state index < -0.39 is 49.1 Å². The summed E-state index contributed by atoms with van der Waals surface area (Å²) in [6, 6.07) is 2.20. The quantitative estimate of drug-likeness (QED) is 0.448. The van der Waals surface area contributed by atoms with Crippen LogP contribution in [0.5, 0.6) is 0 Å². The van der Waals surface area contributed by atoms with Gasteiger partial charge in [-0.3, -0.25) is 0 Å². The van der Waals surface area contributed by atoms with Crippen molar-refractivity contribution in [3.05, 3.63) is 33.9 Å². The molecule has 38 heavy (non-hydrogen) atoms. The van der Waals surface area contributed by atoms with E-state index in [0.29, 0.717) is 23.8 Å². The van der Waals surface area contributed by atoms with Gasteiger partial charge >= 0.3 is 12.2 Å². The van der Waals surface area contributed by atoms with Gasteiger partial charge in [0.15, 0.2) is 11.6 Å². The van der Waals surface area contributed by atoms with Crippen LogP contribution in [-0.4, -0.2) is 67.9 Å². The minimum Gasteiger partial charge on any atom is -0.444 e. The molecule has 1 aliphatic heterocycles. The van der Waals surface area contributed by atoms with Crippen LogP contribution in [0.2, 0.25) is 5.02 Å². The third-order valence-electron chi connectivity index (χ3n) is 5.47. The number of rotatable bonds is 5. The Morgan fingerprint density at radius 3 is 2.34 bits per heavy atom. The number of hydrogen-bond acceptors (Lipinski definition) is 9. The summed E-state index contributed by atoms with van der Waals surface area (Å²) in [5.74, 6) is -1.45. The number of nitrogens with zero attached hydrogens (tertiary/aromatic N) is 4. The number of halogens is 2. The normalized spacial score (nSPS) is 16.3. The van der Waals surface area contributed by atoms with Crippen LogP contribution in [0.1, 0.15) is 48.0 Å². The van der Waals surface area contributed by atoms with Gasteiger partial charge in [0.1, 0.15) is 21.1 Å². The zero-order valence-corrected chi connectivity index (χ0v) is 24.7. The number of likely N-dealkylation sites (tertiary alicyclic amines) is 1. The van der Waals surface area contributed by atoms with E-state index in [1.54, 1.807) is 58.4 Å². The number of ether oxygens (including phenoxy) is 2. The number of sulfonamides is 1. The summed E-state index contributed by atoms with van der Waals surface area (Å²) in [6.45, 7) is 10.8. The number of carbonyl (C=O) groups excluding carboxylic acids is 2. The van der Waals surface area contributed by atoms with Crippen molar-refractivity contribution in [3.63, 3.8) is 0 Å². The molecule has 0 aliphatic carbocycles. The molecule has 2 aromatic rings. The maximum absolute atomic E-state index is 15.6. The van der Waals surface area contributed by atoms with Crippen LogP contribution in [0, 0.1) is 5.82 Å². The van der Waals surface area contributed by atoms with Gasteiger partial charge in [0.2, 0.25) is 0 Å². The molecule has 0 saturated carbocycles. The molecule has 0 spiro atoms. The van der Waals surface area contributed by atoms with Crippen molar-refractivity contribution in [1.29, 1.82) is 0 Å². The topological polar surface area (TPSA) is 109 Å². The molecule has 0 N–H and O–H groups in total. The lowest BCUT2D eigenvalue weighted by molar-refractivity contribution is 0.0292. The Kier molecular flexibility index (Phi) is 8.54. The standard InChI is InChI=1S/C24H32ClFN4O6S2/c1-23(2,3)35-21(31)29-11-10-15(12-29)28(7)16-8-9-17(20(26)19(16)25)38(33,34)30(18-13-37-14-27-18)22(32)36-24(4,5)6/h8-9,13-15H,10-12H2,1-7H3/t15-/m0/s1. The third kappa shape index (κ3) is 6.67. The van der Waals surface area contributed by atoms with Crippen LogP contribution in [0.4, 0.5) is 25.5 Å². The van der Waals surface area contributed by atoms with Crippen molar-refractivity contribution in [2.45, 2.75) is 70.1 Å². The number of benzene rings is 1. The Morgan fingerprint density at radius 1 is 1.16 bits per heavy atom. The summed E-state index contributed by atoms with van der Waals surface area (Å²) in [6.07, 6.45) is -1.10. The molecule has 1 aromatic carbocycles. The van der Waals surface area contributed by atoms with Gasteiger partial charge in [-0.05, 0) is 60.1 Å². The highest BCUT2D eigenvalue weighted by Gasteiger charge is 2.39. The van der Waals surface area contributed by atoms with Crippen molar-refractivity contribution in [2.75, 3.05) is 29.3 Å². The summed E-state index contributed by atoms with van der Waals surface area (Å²) in [5.41, 5.74) is -0.0820. The number of aromatic nitrogens is 1. The average molecular weight is 591 g/mol. The van der Waals surface area contributed by atoms with E-state index >= 15 is 4.39 Å². The maximum atomic E-state index is 15.6. The molecular formula is C24H32ClFN4O6S2. The number of anilines is 2. The Hall–Kier alpha value is -2.64. The largest absolute Gasteiger partial charge is 0.444 e. The molecule has 210 valence electrons. The van der Waals surface area contributed by atoms with Gasteiger partial charge in [-0.1, -0.05) is 11.6 Å². The minimum absolute atomic E-state index is 0.213. The molecule has 1 fully saturated rings. The first-order valence-electron chi connectivity index (χ1n) is 11.8. The van der Waals surface area contributed by atoms with Gasteiger partial charge in [-0.25, -0.2) is 27.4 Å². The van der Waals surface area contributed by atoms with Gasteiger partial charge < -0.3 is 19.3 Å². The highest BCUT2D eigenvalue weighted by molar-refractivity contribution is 7.93. The molecule has 10 nitrogen and oxygen atoms in total. The van der Waals surface area contributed by atoms with E-state index in [2.05, 4.69) is 4.98 Å². The molecular weight excluding hydrogens is 559 g/mol. The fourth-order valence-corrected chi connectivity index (χ4v) is 6.05. The number of amides is 2. The van der Waals surface area contributed by atoms with E-state index in [1.165, 1.54) is 17.0 Å². The van der Waals surface area contributed by atoms with Crippen LogP contribution < -0.4 is 9.21 Å². The molecule has 1 aromatic heterocycles. The number of thiazole rings is 1. The van der Waals surface area contributed by atoms with Crippen molar-refractivity contribution in [2.24, 2.45) is 0 Å². The lowest BCUT2D eigenvalue weighted by Crippen LogP contribution is -2.41. The zero-order valence-electron chi connectivity index (χ0n) is 22.3. The Morgan fingerprint density at radius 2 is 1.79 bits per heavy atom. The molecule has 0 bridgehead atoms. The highest BCUT2D eigenvalue weighted by Crippen LogP contribution is 2.36. The predicted molar refractivity (Wildman–Crippen MR) is 144 cm³/mol. The first-order valence-corrected chi connectivity index (χ1v) is 14.5. The van der Waals surface area contributed by atoms with Crippen molar-refractivity contribution in [3.8, 4) is 0 Å². The molecule has 0 unspecified atom stereocenters. The first-order chi connectivity index (χ1) is 17.4. The SMILES string of the molecule is CN(c1ccc(S(=O)(=O)N(C(=O)OC(C)(C)C)c2cscn2)c(F)c1Cl)[C@H]1CCN(C(=O)OC(C)(C)C)C1. The predicted octanol–water partition coefficient (Wildman–Crippen LogP) is 5.51. The second kappa shape index (κ2) is 10.9. The molecule has 1 atom stereocenters. The van der Waals surface area contributed by atoms with Crippen molar-refractivity contribution < 1.29 is 31.9 Å². The van der Waals surface area contributed by atoms with Gasteiger partial charge in [-0.15, -0.1) is 15.6 Å². The van der Waals surface area contributed by atoms with Crippen molar-refractivity contribution in [1.82, 2.24) is 9.88 Å². The second-order valence-corrected chi connectivity index (χ2v) is 13.6. The summed E-state index contributed by atoms with van der Waals surface area (Å²) in [7, 11) is -3.11. The second-order valence-electron chi connectivity index (χ2n) is 10.8. The number of carbonyl (C=O) groups is 2. The Labute approximate surface area is 231 Å². The van der Waals surface area contributed by atoms with Gasteiger partial charge in [0.25, 0.3) is 10.0 Å². The summed E-state index contributed by atoms with van der Waals surface area (Å²) < 4.78 is 53.6. The van der Waals surface area contributed by atoms with E-state index in [9.17, 15) is 18.0 Å². The van der Waals surface area contributed by atoms with Gasteiger partial charge in [0.05, 0.1) is 11.2 Å². The van der Waals surface area contributed by atoms with Crippen LogP contribution >= 0.6 is 22.9 Å². The number of hydrogen-bond donors (Lipinski definition) is 0. The molecule has 1 aliphatic rings. The Balaban J connectivity index is 1.90. The fraction of sp³-hybridized carbons (Fsp3) is 0.542. The third-order valence-corrected chi connectivity index (χ3v) is 8.10. The monoisotopic (exact) mass is 590 g/mol. The van der Waals surface area contributed by atoms with Crippen LogP contribution in [0.15, 0.2) is 27.9 Å². The van der Waals surface area contributed by atoms with E-state index in [0.717, 1.165) is 17.4 Å². The first kappa shape index (κ1) is 29.9. The molecule has 2 amide bonds. The highest BCUT2D eigenvalue weighted by atomic mass is 35.5. The summed E-state index contributed by atoms with van der Waals surface area (Å²) in [4.78, 5) is 31.7. The van der Waals surface area contributed by atoms with Gasteiger partial charge in [-0.2, -0.15) is 0 Å². The fourth-order valence-electron chi connectivity index (χ4n) is 3.76. The summed E-state index contributed by atoms with van der Waals surface area (Å²) in [5, 5.41) is 0.895. The van der Waals surface area contributed by atoms with Crippen LogP contribution in [-0.2, 0) is 19.5 Å². The molecule has 3 rings (SSSR count). The molecule has 1 saturated heterocycles. The maximum Gasteiger partial charge on any atom is 0.430 e. The van der Waals surface area contributed by atoms with E-state index in [1.807, 2.05) is 0 Å². The number of likely N-dealkylation sites (N-methyl/N-ethyl adjacent to an activating group) is 1. The molecule has 0 radical (unpaired) electrons. The lowest BCUT2D eigenvalue weighted by Gasteiger charge is -2.29. The van der Waals surface area contributed by atoms with Gasteiger partial charge in [0, 0.05) is 31.6 Å². The van der Waals surface area contributed by atoms with E-state index in [-0.39, 0.29) is 17.5 Å². The van der Waals surface area contributed by atoms with Crippen LogP contribution in [0.25, 0.3) is 0 Å². The molecule has 14 heteroatoms. The summed E-state index contributed by atoms with van der Waals surface area (Å²) >= 11 is 7.40. The Bertz CT molecular complexity index is 1290. The smallest absolute Gasteiger partial charge is 0.430 e. The minimum atomic E-state index is -4.79. The van der Waals surface area contributed by atoms with E-state index in [4.69, 9.17) is 21.1 Å². The van der Waals surface area contributed by atoms with Crippen LogP contribution in [0.3, 0.4) is 0 Å². The lowest BCUT2D eigenvalue weighted by atomic mass is 10.2. The average Bonchev–Trinajstić information content (AvgIpc) is 3.45.